The second kappa shape index (κ2) is 3.87. The number of aromatic nitrogens is 4. The average Bonchev–Trinajstić information content (AvgIpc) is 2.88. The van der Waals surface area contributed by atoms with E-state index in [1.54, 1.807) is 28.7 Å². The summed E-state index contributed by atoms with van der Waals surface area (Å²) >= 11 is 0. The molecule has 0 aliphatic rings. The number of aryl methyl sites for hydroxylation is 2. The highest BCUT2D eigenvalue weighted by molar-refractivity contribution is 5.75. The molecule has 0 aliphatic heterocycles. The van der Waals surface area contributed by atoms with E-state index in [0.29, 0.717) is 6.54 Å². The monoisotopic (exact) mass is 242 g/mol. The van der Waals surface area contributed by atoms with Crippen molar-refractivity contribution in [3.63, 3.8) is 0 Å². The van der Waals surface area contributed by atoms with E-state index in [9.17, 15) is 4.79 Å². The van der Waals surface area contributed by atoms with Crippen molar-refractivity contribution in [2.24, 2.45) is 14.1 Å². The molecule has 0 saturated heterocycles. The number of para-hydroxylation sites is 2. The summed E-state index contributed by atoms with van der Waals surface area (Å²) < 4.78 is 5.37. The van der Waals surface area contributed by atoms with Crippen LogP contribution in [0.2, 0.25) is 0 Å². The first-order chi connectivity index (χ1) is 8.68. The van der Waals surface area contributed by atoms with Gasteiger partial charge in [0.05, 0.1) is 29.6 Å². The third-order valence-corrected chi connectivity index (χ3v) is 3.29. The molecule has 0 atom stereocenters. The van der Waals surface area contributed by atoms with Crippen LogP contribution in [-0.2, 0) is 20.6 Å². The predicted octanol–water partition coefficient (Wildman–Crippen LogP) is 1.12. The van der Waals surface area contributed by atoms with Crippen LogP contribution in [0, 0.1) is 0 Å². The van der Waals surface area contributed by atoms with Crippen molar-refractivity contribution in [1.29, 1.82) is 0 Å². The zero-order chi connectivity index (χ0) is 12.7. The molecule has 3 rings (SSSR count). The molecule has 92 valence electrons. The number of hydrogen-bond donors (Lipinski definition) is 0. The van der Waals surface area contributed by atoms with Crippen molar-refractivity contribution in [2.45, 2.75) is 6.54 Å². The molecule has 0 unspecified atom stereocenters. The zero-order valence-electron chi connectivity index (χ0n) is 10.4. The van der Waals surface area contributed by atoms with Gasteiger partial charge < -0.3 is 4.57 Å². The molecular weight excluding hydrogens is 228 g/mol. The number of hydrogen-bond acceptors (Lipinski definition) is 2. The molecule has 0 saturated carbocycles. The molecule has 3 aromatic rings. The van der Waals surface area contributed by atoms with Gasteiger partial charge in [-0.25, -0.2) is 9.78 Å². The van der Waals surface area contributed by atoms with Crippen LogP contribution < -0.4 is 5.69 Å². The van der Waals surface area contributed by atoms with Crippen molar-refractivity contribution in [2.75, 3.05) is 0 Å². The third-order valence-electron chi connectivity index (χ3n) is 3.29. The summed E-state index contributed by atoms with van der Waals surface area (Å²) in [6.07, 6.45) is 3.53. The molecule has 0 N–H and O–H groups in total. The van der Waals surface area contributed by atoms with E-state index < -0.39 is 0 Å². The van der Waals surface area contributed by atoms with Crippen molar-refractivity contribution >= 4 is 11.0 Å². The molecular formula is C13H14N4O. The maximum absolute atomic E-state index is 12.2. The number of benzene rings is 1. The lowest BCUT2D eigenvalue weighted by Gasteiger charge is -2.03. The zero-order valence-corrected chi connectivity index (χ0v) is 10.4. The average molecular weight is 242 g/mol. The van der Waals surface area contributed by atoms with Gasteiger partial charge in [-0.3, -0.25) is 9.13 Å². The molecule has 0 spiro atoms. The Morgan fingerprint density at radius 2 is 1.89 bits per heavy atom. The van der Waals surface area contributed by atoms with Gasteiger partial charge in [0.1, 0.15) is 0 Å². The highest BCUT2D eigenvalue weighted by atomic mass is 16.1. The molecule has 18 heavy (non-hydrogen) atoms. The minimum Gasteiger partial charge on any atom is -0.336 e. The standard InChI is InChI=1S/C13H14N4O/c1-15-9-14-7-10(15)8-17-12-6-4-3-5-11(12)16(2)13(17)18/h3-7,9H,8H2,1-2H3. The van der Waals surface area contributed by atoms with Gasteiger partial charge in [-0.15, -0.1) is 0 Å². The first-order valence-electron chi connectivity index (χ1n) is 5.78. The van der Waals surface area contributed by atoms with Crippen LogP contribution in [0.25, 0.3) is 11.0 Å². The first kappa shape index (κ1) is 10.8. The molecule has 0 aliphatic carbocycles. The van der Waals surface area contributed by atoms with Crippen LogP contribution in [0.5, 0.6) is 0 Å². The summed E-state index contributed by atoms with van der Waals surface area (Å²) in [6.45, 7) is 0.538. The van der Waals surface area contributed by atoms with Crippen molar-refractivity contribution < 1.29 is 0 Å². The van der Waals surface area contributed by atoms with E-state index >= 15 is 0 Å². The summed E-state index contributed by atoms with van der Waals surface area (Å²) in [4.78, 5) is 16.3. The molecule has 5 heteroatoms. The summed E-state index contributed by atoms with van der Waals surface area (Å²) in [5.74, 6) is 0. The minimum atomic E-state index is -0.00241. The maximum Gasteiger partial charge on any atom is 0.329 e. The van der Waals surface area contributed by atoms with Gasteiger partial charge in [-0.2, -0.15) is 0 Å². The second-order valence-corrected chi connectivity index (χ2v) is 4.41. The highest BCUT2D eigenvalue weighted by Gasteiger charge is 2.11. The largest absolute Gasteiger partial charge is 0.336 e. The van der Waals surface area contributed by atoms with Gasteiger partial charge in [-0.05, 0) is 12.1 Å². The fraction of sp³-hybridized carbons (Fsp3) is 0.231. The van der Waals surface area contributed by atoms with E-state index in [1.807, 2.05) is 35.9 Å². The van der Waals surface area contributed by atoms with Crippen LogP contribution in [0.4, 0.5) is 0 Å². The Kier molecular flexibility index (Phi) is 2.33. The number of rotatable bonds is 2. The van der Waals surface area contributed by atoms with Gasteiger partial charge >= 0.3 is 5.69 Å². The van der Waals surface area contributed by atoms with Crippen LogP contribution in [0.1, 0.15) is 5.69 Å². The van der Waals surface area contributed by atoms with Crippen LogP contribution in [0.15, 0.2) is 41.6 Å². The van der Waals surface area contributed by atoms with Crippen LogP contribution >= 0.6 is 0 Å². The summed E-state index contributed by atoms with van der Waals surface area (Å²) in [5, 5.41) is 0. The molecule has 5 nitrogen and oxygen atoms in total. The molecule has 0 fully saturated rings. The Hall–Kier alpha value is -2.30. The topological polar surface area (TPSA) is 44.8 Å². The van der Waals surface area contributed by atoms with Gasteiger partial charge in [-0.1, -0.05) is 12.1 Å². The Morgan fingerprint density at radius 3 is 2.56 bits per heavy atom. The van der Waals surface area contributed by atoms with Crippen LogP contribution in [0.3, 0.4) is 0 Å². The van der Waals surface area contributed by atoms with Crippen molar-refractivity contribution in [3.05, 3.63) is 53.0 Å². The van der Waals surface area contributed by atoms with E-state index in [1.165, 1.54) is 0 Å². The fourth-order valence-corrected chi connectivity index (χ4v) is 2.21. The number of fused-ring (bicyclic) bond motifs is 1. The smallest absolute Gasteiger partial charge is 0.329 e. The Morgan fingerprint density at radius 1 is 1.17 bits per heavy atom. The highest BCUT2D eigenvalue weighted by Crippen LogP contribution is 2.12. The number of imidazole rings is 2. The maximum atomic E-state index is 12.2. The predicted molar refractivity (Wildman–Crippen MR) is 69.5 cm³/mol. The quantitative estimate of drug-likeness (QED) is 0.676. The SMILES string of the molecule is Cn1cncc1Cn1c(=O)n(C)c2ccccc21. The lowest BCUT2D eigenvalue weighted by molar-refractivity contribution is 0.692. The lowest BCUT2D eigenvalue weighted by Crippen LogP contribution is -2.23. The normalized spacial score (nSPS) is 11.2. The number of nitrogens with zero attached hydrogens (tertiary/aromatic N) is 4. The van der Waals surface area contributed by atoms with Crippen molar-refractivity contribution in [1.82, 2.24) is 18.7 Å². The molecule has 2 heterocycles. The van der Waals surface area contributed by atoms with Gasteiger partial charge in [0.2, 0.25) is 0 Å². The Bertz CT molecular complexity index is 763. The summed E-state index contributed by atoms with van der Waals surface area (Å²) in [5.41, 5.74) is 2.90. The van der Waals surface area contributed by atoms with E-state index in [4.69, 9.17) is 0 Å². The van der Waals surface area contributed by atoms with Crippen molar-refractivity contribution in [3.8, 4) is 0 Å². The van der Waals surface area contributed by atoms with E-state index in [-0.39, 0.29) is 5.69 Å². The lowest BCUT2D eigenvalue weighted by atomic mass is 10.3. The molecule has 2 aromatic heterocycles. The molecule has 1 aromatic carbocycles. The van der Waals surface area contributed by atoms with Gasteiger partial charge in [0.15, 0.2) is 0 Å². The van der Waals surface area contributed by atoms with E-state index in [0.717, 1.165) is 16.7 Å². The van der Waals surface area contributed by atoms with Gasteiger partial charge in [0.25, 0.3) is 0 Å². The summed E-state index contributed by atoms with van der Waals surface area (Å²) in [6, 6.07) is 7.81. The second-order valence-electron chi connectivity index (χ2n) is 4.41. The van der Waals surface area contributed by atoms with E-state index in [2.05, 4.69) is 4.98 Å². The Balaban J connectivity index is 2.21. The summed E-state index contributed by atoms with van der Waals surface area (Å²) in [7, 11) is 3.73. The molecule has 0 amide bonds. The third kappa shape index (κ3) is 1.48. The molecule has 0 radical (unpaired) electrons. The van der Waals surface area contributed by atoms with Crippen LogP contribution in [-0.4, -0.2) is 18.7 Å². The van der Waals surface area contributed by atoms with Gasteiger partial charge in [0, 0.05) is 20.3 Å². The minimum absolute atomic E-state index is 0.00241. The first-order valence-corrected chi connectivity index (χ1v) is 5.78. The molecule has 0 bridgehead atoms. The Labute approximate surface area is 104 Å². The fourth-order valence-electron chi connectivity index (χ4n) is 2.21.